The summed E-state index contributed by atoms with van der Waals surface area (Å²) in [6.45, 7) is 0. The van der Waals surface area contributed by atoms with Crippen LogP contribution in [0.4, 0.5) is 0 Å². The van der Waals surface area contributed by atoms with Gasteiger partial charge in [0.2, 0.25) is 0 Å². The molecule has 0 bridgehead atoms. The predicted molar refractivity (Wildman–Crippen MR) is 10.7 cm³/mol. The Morgan fingerprint density at radius 1 is 1.40 bits per heavy atom. The second-order valence-electron chi connectivity index (χ2n) is 0.238. The molecule has 0 radical (unpaired) electrons. The Kier molecular flexibility index (Phi) is 12.7. The van der Waals surface area contributed by atoms with E-state index in [9.17, 15) is 0 Å². The molecule has 0 atom stereocenters. The van der Waals surface area contributed by atoms with Gasteiger partial charge in [0.25, 0.3) is 0 Å². The molecule has 1 N–H and O–H groups in total. The van der Waals surface area contributed by atoms with Gasteiger partial charge in [0.05, 0.1) is 0 Å². The Bertz CT molecular complexity index is 55.3. The van der Waals surface area contributed by atoms with Crippen LogP contribution in [0.5, 0.6) is 0 Å². The van der Waals surface area contributed by atoms with E-state index in [0.717, 1.165) is 0 Å². The molecule has 0 aliphatic rings. The van der Waals surface area contributed by atoms with Crippen molar-refractivity contribution in [3.05, 3.63) is 0 Å². The summed E-state index contributed by atoms with van der Waals surface area (Å²) in [5.74, 6) is 0. The van der Waals surface area contributed by atoms with Crippen molar-refractivity contribution in [1.29, 1.82) is 0 Å². The second kappa shape index (κ2) is 6.20. The van der Waals surface area contributed by atoms with Crippen LogP contribution >= 0.6 is 0 Å². The average Bonchev–Trinajstić information content (AvgIpc) is 0.811. The molecule has 0 heterocycles. The Balaban J connectivity index is 0. The van der Waals surface area contributed by atoms with Crippen molar-refractivity contribution in [3.8, 4) is 0 Å². The van der Waals surface area contributed by atoms with Crippen LogP contribution in [-0.4, -0.2) is 72.9 Å². The van der Waals surface area contributed by atoms with Crippen LogP contribution in [0.1, 0.15) is 0 Å². The molecule has 0 fully saturated rings. The molecule has 5 heavy (non-hydrogen) atoms. The molecule has 0 spiro atoms. The molecule has 0 amide bonds. The summed E-state index contributed by atoms with van der Waals surface area (Å²) < 4.78 is 24.4. The van der Waals surface area contributed by atoms with E-state index in [1.54, 1.807) is 0 Å². The van der Waals surface area contributed by atoms with Gasteiger partial charge < -0.3 is 0 Å². The topological polar surface area (TPSA) is 54.4 Å². The van der Waals surface area contributed by atoms with E-state index < -0.39 is 15.4 Å². The van der Waals surface area contributed by atoms with Crippen molar-refractivity contribution in [2.45, 2.75) is 0 Å². The van der Waals surface area contributed by atoms with Crippen LogP contribution in [0.3, 0.4) is 0 Å². The van der Waals surface area contributed by atoms with Gasteiger partial charge in [-0.1, -0.05) is 0 Å². The Morgan fingerprint density at radius 3 is 1.40 bits per heavy atom. The fourth-order valence-electron chi connectivity index (χ4n) is 0. The molecule has 0 aromatic rings. The van der Waals surface area contributed by atoms with Gasteiger partial charge >= 0.3 is 95.7 Å². The van der Waals surface area contributed by atoms with E-state index in [1.807, 2.05) is 0 Å². The second-order valence-corrected chi connectivity index (χ2v) is 0.981. The van der Waals surface area contributed by atoms with Gasteiger partial charge in [-0.15, -0.1) is 0 Å². The first-order valence-corrected chi connectivity index (χ1v) is 2.33. The number of hydrogen-bond donors (Lipinski definition) is 1. The van der Waals surface area contributed by atoms with E-state index >= 15 is 0 Å². The third kappa shape index (κ3) is 22.6. The molecule has 0 aromatic carbocycles. The van der Waals surface area contributed by atoms with Gasteiger partial charge in [0.1, 0.15) is 0 Å². The maximum atomic E-state index is 8.67. The van der Waals surface area contributed by atoms with Crippen LogP contribution < -0.4 is 0 Å². The zero-order valence-corrected chi connectivity index (χ0v) is 3.11. The van der Waals surface area contributed by atoms with Crippen molar-refractivity contribution in [2.24, 2.45) is 0 Å². The molecule has 0 saturated heterocycles. The van der Waals surface area contributed by atoms with E-state index in [4.69, 9.17) is 11.4 Å². The van der Waals surface area contributed by atoms with E-state index in [2.05, 4.69) is 0 Å². The van der Waals surface area contributed by atoms with Gasteiger partial charge in [0, 0.05) is 0 Å². The molecule has 3 nitrogen and oxygen atoms in total. The first-order chi connectivity index (χ1) is 1.73. The summed E-state index contributed by atoms with van der Waals surface area (Å²) in [7, 11) is 0. The van der Waals surface area contributed by atoms with Gasteiger partial charge in [-0.2, -0.15) is 0 Å². The minimum atomic E-state index is -3.69. The van der Waals surface area contributed by atoms with Gasteiger partial charge in [-0.3, -0.25) is 0 Å². The normalized spacial score (nSPS) is 5.00. The predicted octanol–water partition coefficient (Wildman–Crippen LogP) is -1.45. The third-order valence-corrected chi connectivity index (χ3v) is 0. The molecular weight excluding hydrogens is 232 g/mol. The van der Waals surface area contributed by atoms with Crippen LogP contribution in [0.15, 0.2) is 0 Å². The molecule has 0 aliphatic carbocycles. The molecule has 0 aromatic heterocycles. The molecule has 0 unspecified atom stereocenters. The quantitative estimate of drug-likeness (QED) is 0.558. The maximum absolute atomic E-state index is 8.67. The number of rotatable bonds is 0. The monoisotopic (exact) mass is 234 g/mol. The van der Waals surface area contributed by atoms with Crippen molar-refractivity contribution >= 4 is 68.9 Å². The van der Waals surface area contributed by atoms with Gasteiger partial charge in [-0.25, -0.2) is 0 Å². The Hall–Kier alpha value is 2.20. The first kappa shape index (κ1) is 10.2. The number of hydrogen-bond acceptors (Lipinski definition) is 2. The zero-order valence-electron chi connectivity index (χ0n) is 1.71. The molecule has 26 valence electrons. The molecule has 5 heteroatoms. The molecule has 0 saturated carbocycles. The summed E-state index contributed by atoms with van der Waals surface area (Å²) in [6, 6.07) is 0. The third-order valence-electron chi connectivity index (χ3n) is 0. The van der Waals surface area contributed by atoms with Crippen LogP contribution in [-0.2, 0) is 22.7 Å². The Labute approximate surface area is 92.9 Å². The Morgan fingerprint density at radius 2 is 1.40 bits per heavy atom. The van der Waals surface area contributed by atoms with Crippen molar-refractivity contribution in [3.63, 3.8) is 0 Å². The van der Waals surface area contributed by atoms with Crippen LogP contribution in [0.25, 0.3) is 0 Å². The summed E-state index contributed by atoms with van der Waals surface area (Å²) in [5, 5.41) is 0. The fraction of sp³-hybridized carbons (Fsp3) is 0. The van der Waals surface area contributed by atoms with E-state index in [1.165, 1.54) is 0 Å². The molecule has 0 rings (SSSR count). The fourth-order valence-corrected chi connectivity index (χ4v) is 0. The summed E-state index contributed by atoms with van der Waals surface area (Å²) in [6.07, 6.45) is 0. The standard InChI is InChI=1S/Cs.H2O.2O.V.H/h;1H2;;;;/q;;;;+1;/p-1. The van der Waals surface area contributed by atoms with Gasteiger partial charge in [-0.05, 0) is 0 Å². The van der Waals surface area contributed by atoms with Crippen molar-refractivity contribution in [1.82, 2.24) is 0 Å². The summed E-state index contributed by atoms with van der Waals surface area (Å²) in [5.41, 5.74) is 0. The van der Waals surface area contributed by atoms with Crippen molar-refractivity contribution < 1.29 is 26.8 Å². The minimum absolute atomic E-state index is 0. The van der Waals surface area contributed by atoms with Crippen LogP contribution in [0, 0.1) is 0 Å². The first-order valence-electron chi connectivity index (χ1n) is 0.565. The average molecular weight is 234 g/mol. The van der Waals surface area contributed by atoms with E-state index in [0.29, 0.717) is 0 Å². The van der Waals surface area contributed by atoms with Crippen LogP contribution in [0.2, 0.25) is 0 Å². The van der Waals surface area contributed by atoms with Gasteiger partial charge in [0.15, 0.2) is 0 Å². The van der Waals surface area contributed by atoms with E-state index in [-0.39, 0.29) is 68.9 Å². The molecular formula is H2CsO3V. The molecule has 0 aliphatic heterocycles. The zero-order chi connectivity index (χ0) is 3.58. The summed E-state index contributed by atoms with van der Waals surface area (Å²) in [4.78, 5) is 0. The van der Waals surface area contributed by atoms with Crippen molar-refractivity contribution in [2.75, 3.05) is 0 Å². The summed E-state index contributed by atoms with van der Waals surface area (Å²) >= 11 is -3.69. The SMILES string of the molecule is [CsH].[O]=[V](=[O])[OH].